The normalized spacial score (nSPS) is 9.55. The second kappa shape index (κ2) is 19.2. The molecule has 0 aliphatic rings. The minimum Gasteiger partial charge on any atom is -1.00 e. The largest absolute Gasteiger partial charge is 2.00 e. The molecule has 0 atom stereocenters. The topological polar surface area (TPSA) is 0 Å². The van der Waals surface area contributed by atoms with Gasteiger partial charge in [0.25, 0.3) is 0 Å². The zero-order valence-corrected chi connectivity index (χ0v) is 32.0. The first-order valence-corrected chi connectivity index (χ1v) is 14.0. The van der Waals surface area contributed by atoms with Crippen molar-refractivity contribution in [2.24, 2.45) is 0 Å². The van der Waals surface area contributed by atoms with Gasteiger partial charge in [0.05, 0.1) is 0 Å². The summed E-state index contributed by atoms with van der Waals surface area (Å²) in [4.78, 5) is 0. The average molecular weight is 770 g/mol. The minimum atomic E-state index is 0. The molecule has 220 valence electrons. The van der Waals surface area contributed by atoms with Crippen LogP contribution in [0.2, 0.25) is 0 Å². The standard InChI is InChI=1S/4C10H9.2ClH.2Zr/c4*1-8-4-2-5-9-6-3-7-10(8)9;;;;/h4*2-7H,1H3;2*1H;;/q4*-1;;;2*+2/p-2. The molecule has 0 aliphatic carbocycles. The molecule has 8 rings (SSSR count). The van der Waals surface area contributed by atoms with Crippen LogP contribution in [0.25, 0.3) is 43.1 Å². The van der Waals surface area contributed by atoms with E-state index >= 15 is 0 Å². The van der Waals surface area contributed by atoms with E-state index in [0.29, 0.717) is 0 Å². The first kappa shape index (κ1) is 39.7. The Balaban J connectivity index is 0.000000285. The van der Waals surface area contributed by atoms with Gasteiger partial charge in [-0.25, -0.2) is 0 Å². The molecule has 0 saturated carbocycles. The van der Waals surface area contributed by atoms with E-state index in [4.69, 9.17) is 0 Å². The van der Waals surface area contributed by atoms with E-state index in [2.05, 4.69) is 173 Å². The third-order valence-electron chi connectivity index (χ3n) is 7.59. The van der Waals surface area contributed by atoms with Gasteiger partial charge in [0.1, 0.15) is 0 Å². The van der Waals surface area contributed by atoms with Crippen molar-refractivity contribution in [3.63, 3.8) is 0 Å². The third-order valence-corrected chi connectivity index (χ3v) is 7.59. The van der Waals surface area contributed by atoms with Crippen molar-refractivity contribution in [1.82, 2.24) is 0 Å². The Labute approximate surface area is 313 Å². The van der Waals surface area contributed by atoms with E-state index in [0.717, 1.165) is 0 Å². The summed E-state index contributed by atoms with van der Waals surface area (Å²) in [6.45, 7) is 8.56. The molecule has 0 radical (unpaired) electrons. The molecular weight excluding hydrogens is 734 g/mol. The molecular formula is C40H36Cl2Zr2-2. The van der Waals surface area contributed by atoms with Crippen molar-refractivity contribution in [3.8, 4) is 0 Å². The summed E-state index contributed by atoms with van der Waals surface area (Å²) in [5.74, 6) is 0. The van der Waals surface area contributed by atoms with Crippen LogP contribution in [-0.4, -0.2) is 0 Å². The van der Waals surface area contributed by atoms with Crippen LogP contribution in [0.5, 0.6) is 0 Å². The zero-order chi connectivity index (χ0) is 27.9. The summed E-state index contributed by atoms with van der Waals surface area (Å²) in [6.07, 6.45) is 0. The molecule has 0 nitrogen and oxygen atoms in total. The van der Waals surface area contributed by atoms with E-state index in [1.165, 1.54) is 65.3 Å². The van der Waals surface area contributed by atoms with Gasteiger partial charge in [0.15, 0.2) is 0 Å². The van der Waals surface area contributed by atoms with Crippen LogP contribution in [-0.2, 0) is 52.4 Å². The first-order valence-electron chi connectivity index (χ1n) is 14.0. The molecule has 0 unspecified atom stereocenters. The van der Waals surface area contributed by atoms with E-state index < -0.39 is 0 Å². The maximum Gasteiger partial charge on any atom is 2.00 e. The summed E-state index contributed by atoms with van der Waals surface area (Å²) in [7, 11) is 0. The number of fused-ring (bicyclic) bond motifs is 4. The van der Waals surface area contributed by atoms with Crippen LogP contribution in [0.1, 0.15) is 22.3 Å². The van der Waals surface area contributed by atoms with E-state index in [9.17, 15) is 0 Å². The molecule has 0 fully saturated rings. The van der Waals surface area contributed by atoms with Crippen molar-refractivity contribution < 1.29 is 77.2 Å². The van der Waals surface area contributed by atoms with Crippen molar-refractivity contribution in [3.05, 3.63) is 168 Å². The number of benzene rings is 4. The van der Waals surface area contributed by atoms with Crippen molar-refractivity contribution >= 4 is 43.1 Å². The van der Waals surface area contributed by atoms with Crippen LogP contribution >= 0.6 is 0 Å². The Morgan fingerprint density at radius 2 is 0.523 bits per heavy atom. The summed E-state index contributed by atoms with van der Waals surface area (Å²) >= 11 is 0. The van der Waals surface area contributed by atoms with Gasteiger partial charge in [-0.2, -0.15) is 48.5 Å². The van der Waals surface area contributed by atoms with Crippen molar-refractivity contribution in [2.75, 3.05) is 0 Å². The molecule has 0 amide bonds. The van der Waals surface area contributed by atoms with Crippen molar-refractivity contribution in [1.29, 1.82) is 0 Å². The van der Waals surface area contributed by atoms with Crippen molar-refractivity contribution in [2.45, 2.75) is 27.7 Å². The summed E-state index contributed by atoms with van der Waals surface area (Å²) in [5, 5.41) is 10.9. The predicted octanol–water partition coefficient (Wildman–Crippen LogP) is 5.47. The summed E-state index contributed by atoms with van der Waals surface area (Å²) < 4.78 is 0. The fourth-order valence-electron chi connectivity index (χ4n) is 5.30. The van der Waals surface area contributed by atoms with Gasteiger partial charge >= 0.3 is 52.4 Å². The monoisotopic (exact) mass is 766 g/mol. The Bertz CT molecular complexity index is 1680. The molecule has 8 aromatic carbocycles. The van der Waals surface area contributed by atoms with Crippen LogP contribution in [0, 0.1) is 27.7 Å². The summed E-state index contributed by atoms with van der Waals surface area (Å²) in [6, 6.07) is 51.1. The Morgan fingerprint density at radius 1 is 0.318 bits per heavy atom. The quantitative estimate of drug-likeness (QED) is 0.180. The molecule has 0 aliphatic heterocycles. The maximum absolute atomic E-state index is 2.16. The first-order chi connectivity index (χ1) is 19.5. The number of aryl methyl sites for hydroxylation is 4. The minimum absolute atomic E-state index is 0. The molecule has 8 aromatic rings. The van der Waals surface area contributed by atoms with Crippen LogP contribution in [0.4, 0.5) is 0 Å². The average Bonchev–Trinajstić information content (AvgIpc) is 3.77. The van der Waals surface area contributed by atoms with E-state index in [-0.39, 0.29) is 77.2 Å². The molecule has 44 heavy (non-hydrogen) atoms. The molecule has 0 heterocycles. The molecule has 0 spiro atoms. The van der Waals surface area contributed by atoms with Gasteiger partial charge in [0.2, 0.25) is 0 Å². The van der Waals surface area contributed by atoms with Crippen LogP contribution < -0.4 is 24.8 Å². The zero-order valence-electron chi connectivity index (χ0n) is 25.6. The Kier molecular flexibility index (Phi) is 17.4. The predicted molar refractivity (Wildman–Crippen MR) is 177 cm³/mol. The van der Waals surface area contributed by atoms with Gasteiger partial charge in [0, 0.05) is 0 Å². The van der Waals surface area contributed by atoms with E-state index in [1.807, 2.05) is 0 Å². The summed E-state index contributed by atoms with van der Waals surface area (Å²) in [5.41, 5.74) is 5.45. The Hall–Kier alpha value is -2.33. The van der Waals surface area contributed by atoms with Gasteiger partial charge < -0.3 is 24.8 Å². The fourth-order valence-corrected chi connectivity index (χ4v) is 5.30. The second-order valence-electron chi connectivity index (χ2n) is 10.4. The van der Waals surface area contributed by atoms with Gasteiger partial charge in [-0.15, -0.1) is 116 Å². The third kappa shape index (κ3) is 9.83. The fraction of sp³-hybridized carbons (Fsp3) is 0.100. The second-order valence-corrected chi connectivity index (χ2v) is 10.4. The Morgan fingerprint density at radius 3 is 0.705 bits per heavy atom. The molecule has 4 heteroatoms. The van der Waals surface area contributed by atoms with Crippen LogP contribution in [0.3, 0.4) is 0 Å². The number of rotatable bonds is 0. The van der Waals surface area contributed by atoms with Gasteiger partial charge in [-0.3, -0.25) is 0 Å². The molecule has 0 bridgehead atoms. The number of halogens is 2. The smallest absolute Gasteiger partial charge is 1.00 e. The van der Waals surface area contributed by atoms with Gasteiger partial charge in [-0.1, -0.05) is 46.5 Å². The van der Waals surface area contributed by atoms with Crippen LogP contribution in [0.15, 0.2) is 146 Å². The van der Waals surface area contributed by atoms with Gasteiger partial charge in [-0.05, 0) is 27.7 Å². The SMILES string of the molecule is Cc1cccc2[cH-]ccc12.Cc1cccc2[cH-]ccc12.Cc1cccc2[cH-]ccc12.Cc1cccc2[cH-]ccc12.[Cl-].[Cl-].[Zr+2].[Zr+2]. The molecule has 0 N–H and O–H groups in total. The number of hydrogen-bond donors (Lipinski definition) is 0. The molecule has 0 aromatic heterocycles. The number of hydrogen-bond acceptors (Lipinski definition) is 0. The maximum atomic E-state index is 2.16. The molecule has 0 saturated heterocycles. The van der Waals surface area contributed by atoms with E-state index in [1.54, 1.807) is 0 Å².